The number of para-hydroxylation sites is 1. The van der Waals surface area contributed by atoms with Crippen molar-refractivity contribution in [2.45, 2.75) is 12.8 Å². The van der Waals surface area contributed by atoms with Gasteiger partial charge in [-0.1, -0.05) is 225 Å². The average molecular weight is 971 g/mol. The first-order chi connectivity index (χ1) is 37.7. The van der Waals surface area contributed by atoms with E-state index in [2.05, 4.69) is 301 Å². The number of hydrogen-bond acceptors (Lipinski definition) is 1. The van der Waals surface area contributed by atoms with E-state index in [1.54, 1.807) is 0 Å². The second-order valence-corrected chi connectivity index (χ2v) is 20.3. The summed E-state index contributed by atoms with van der Waals surface area (Å²) in [6.07, 6.45) is 22.8. The number of benzene rings is 10. The van der Waals surface area contributed by atoms with Crippen LogP contribution in [-0.2, 0) is 0 Å². The number of aromatic nitrogens is 1. The van der Waals surface area contributed by atoms with Gasteiger partial charge in [0.25, 0.3) is 0 Å². The first-order valence-corrected chi connectivity index (χ1v) is 26.7. The van der Waals surface area contributed by atoms with Crippen LogP contribution in [0.1, 0.15) is 18.4 Å². The van der Waals surface area contributed by atoms with Gasteiger partial charge in [0.1, 0.15) is 0 Å². The summed E-state index contributed by atoms with van der Waals surface area (Å²) in [6.45, 7) is 0. The fourth-order valence-corrected chi connectivity index (χ4v) is 12.1. The lowest BCUT2D eigenvalue weighted by molar-refractivity contribution is 0.623. The molecule has 0 radical (unpaired) electrons. The Morgan fingerprint density at radius 2 is 0.947 bits per heavy atom. The van der Waals surface area contributed by atoms with Crippen molar-refractivity contribution in [3.05, 3.63) is 308 Å². The predicted molar refractivity (Wildman–Crippen MR) is 322 cm³/mol. The number of hydrogen-bond donors (Lipinski definition) is 0. The molecule has 14 rings (SSSR count). The molecule has 0 saturated carbocycles. The van der Waals surface area contributed by atoms with Crippen LogP contribution in [0.15, 0.2) is 302 Å². The summed E-state index contributed by atoms with van der Waals surface area (Å²) in [6, 6.07) is 86.9. The summed E-state index contributed by atoms with van der Waals surface area (Å²) in [5.41, 5.74) is 22.0. The summed E-state index contributed by atoms with van der Waals surface area (Å²) in [7, 11) is 0. The molecule has 1 heterocycles. The van der Waals surface area contributed by atoms with E-state index in [1.807, 2.05) is 0 Å². The Balaban J connectivity index is 0.852. The van der Waals surface area contributed by atoms with E-state index in [4.69, 9.17) is 0 Å². The van der Waals surface area contributed by atoms with E-state index in [0.717, 1.165) is 41.2 Å². The molecule has 2 nitrogen and oxygen atoms in total. The van der Waals surface area contributed by atoms with Crippen molar-refractivity contribution in [2.75, 3.05) is 4.90 Å². The van der Waals surface area contributed by atoms with E-state index < -0.39 is 0 Å². The highest BCUT2D eigenvalue weighted by Crippen LogP contribution is 2.45. The third kappa shape index (κ3) is 8.25. The highest BCUT2D eigenvalue weighted by Gasteiger charge is 2.26. The van der Waals surface area contributed by atoms with Gasteiger partial charge >= 0.3 is 0 Å². The van der Waals surface area contributed by atoms with Gasteiger partial charge in [0.05, 0.1) is 11.0 Å². The maximum atomic E-state index is 2.42. The second kappa shape index (κ2) is 19.4. The number of allylic oxidation sites excluding steroid dienone is 12. The number of anilines is 3. The van der Waals surface area contributed by atoms with Crippen LogP contribution in [0.2, 0.25) is 0 Å². The molecule has 0 aliphatic heterocycles. The van der Waals surface area contributed by atoms with Gasteiger partial charge in [0.2, 0.25) is 0 Å². The number of nitrogens with zero attached hydrogens (tertiary/aromatic N) is 2. The number of fused-ring (bicyclic) bond motifs is 5. The lowest BCUT2D eigenvalue weighted by atomic mass is 9.75. The summed E-state index contributed by atoms with van der Waals surface area (Å²) < 4.78 is 2.42. The van der Waals surface area contributed by atoms with Crippen LogP contribution < -0.4 is 4.90 Å². The second-order valence-electron chi connectivity index (χ2n) is 20.3. The minimum absolute atomic E-state index is 0.422. The van der Waals surface area contributed by atoms with E-state index in [-0.39, 0.29) is 0 Å². The summed E-state index contributed by atoms with van der Waals surface area (Å²) in [5, 5.41) is 4.99. The van der Waals surface area contributed by atoms with Crippen LogP contribution in [0.5, 0.6) is 0 Å². The Morgan fingerprint density at radius 1 is 0.355 bits per heavy atom. The van der Waals surface area contributed by atoms with Gasteiger partial charge in [-0.15, -0.1) is 0 Å². The highest BCUT2D eigenvalue weighted by atomic mass is 15.1. The third-order valence-corrected chi connectivity index (χ3v) is 15.9. The van der Waals surface area contributed by atoms with Crippen LogP contribution in [0.25, 0.3) is 88.3 Å². The molecule has 3 aliphatic rings. The number of rotatable bonds is 10. The Morgan fingerprint density at radius 3 is 1.74 bits per heavy atom. The Bertz CT molecular complexity index is 4180. The van der Waals surface area contributed by atoms with Gasteiger partial charge in [-0.25, -0.2) is 0 Å². The molecular weight excluding hydrogens is 917 g/mol. The highest BCUT2D eigenvalue weighted by molar-refractivity contribution is 6.17. The smallest absolute Gasteiger partial charge is 0.0547 e. The lowest BCUT2D eigenvalue weighted by Gasteiger charge is -2.30. The Labute approximate surface area is 445 Å². The molecule has 3 aliphatic carbocycles. The summed E-state index contributed by atoms with van der Waals surface area (Å²) in [5.74, 6) is 0.866. The summed E-state index contributed by atoms with van der Waals surface area (Å²) in [4.78, 5) is 2.42. The minimum atomic E-state index is 0.422. The van der Waals surface area contributed by atoms with Crippen molar-refractivity contribution >= 4 is 55.2 Å². The molecule has 2 atom stereocenters. The normalized spacial score (nSPS) is 15.9. The molecule has 76 heavy (non-hydrogen) atoms. The molecule has 360 valence electrons. The average Bonchev–Trinajstić information content (AvgIpc) is 3.87. The first-order valence-electron chi connectivity index (χ1n) is 26.7. The van der Waals surface area contributed by atoms with Crippen LogP contribution in [-0.4, -0.2) is 4.57 Å². The zero-order valence-electron chi connectivity index (χ0n) is 42.2. The SMILES string of the molecule is C1=CC2C=CC=C(C3=CC=C(c4ccc(N(c5ccc(-c6ccc(-c7cccc8ccccc78)cc6)cc5)c5cccc(-c6cccc7c6c6cc(-c8ccccc8)ccc6n7-c6ccccc6)c5)cc4)CC3)C2C=C1. The van der Waals surface area contributed by atoms with Crippen molar-refractivity contribution in [1.82, 2.24) is 4.57 Å². The largest absolute Gasteiger partial charge is 0.310 e. The topological polar surface area (TPSA) is 8.17 Å². The van der Waals surface area contributed by atoms with Crippen LogP contribution in [0.4, 0.5) is 17.1 Å². The lowest BCUT2D eigenvalue weighted by Crippen LogP contribution is -2.17. The van der Waals surface area contributed by atoms with Gasteiger partial charge in [0, 0.05) is 45.4 Å². The third-order valence-electron chi connectivity index (χ3n) is 15.9. The van der Waals surface area contributed by atoms with Crippen molar-refractivity contribution < 1.29 is 0 Å². The molecule has 0 spiro atoms. The van der Waals surface area contributed by atoms with Gasteiger partial charge in [-0.05, 0) is 157 Å². The van der Waals surface area contributed by atoms with Crippen molar-refractivity contribution in [3.8, 4) is 50.2 Å². The van der Waals surface area contributed by atoms with Crippen molar-refractivity contribution in [1.29, 1.82) is 0 Å². The van der Waals surface area contributed by atoms with Gasteiger partial charge in [0.15, 0.2) is 0 Å². The maximum Gasteiger partial charge on any atom is 0.0547 e. The van der Waals surface area contributed by atoms with E-state index in [1.165, 1.54) is 93.8 Å². The molecule has 0 amide bonds. The molecule has 0 N–H and O–H groups in total. The maximum absolute atomic E-state index is 2.42. The van der Waals surface area contributed by atoms with Crippen LogP contribution in [0, 0.1) is 11.8 Å². The molecule has 0 bridgehead atoms. The molecular formula is C74H54N2. The van der Waals surface area contributed by atoms with Gasteiger partial charge in [-0.3, -0.25) is 0 Å². The van der Waals surface area contributed by atoms with E-state index >= 15 is 0 Å². The van der Waals surface area contributed by atoms with E-state index in [0.29, 0.717) is 11.8 Å². The van der Waals surface area contributed by atoms with Gasteiger partial charge < -0.3 is 9.47 Å². The standard InChI is InChI=1S/C74H54N2/c1-3-15-51(16-4-1)60-43-48-72-71(50-60)74-70(29-14-30-73(74)76(72)62-22-5-2-6-23-62)61-21-11-24-65(49-61)75(63-44-39-54(40-45-63)52-31-35-58(36-32-52)68-27-12-19-56-17-7-9-25-66(56)68)64-46-41-55(42-47-64)53-33-37-59(38-34-53)69-28-13-20-57-18-8-10-26-67(57)69/h1-33,35-37,39-50,57,67H,34,38H2. The minimum Gasteiger partial charge on any atom is -0.310 e. The van der Waals surface area contributed by atoms with Crippen molar-refractivity contribution in [3.63, 3.8) is 0 Å². The quantitative estimate of drug-likeness (QED) is 0.133. The molecule has 2 unspecified atom stereocenters. The fourth-order valence-electron chi connectivity index (χ4n) is 12.1. The molecule has 10 aromatic carbocycles. The van der Waals surface area contributed by atoms with Crippen molar-refractivity contribution in [2.24, 2.45) is 11.8 Å². The molecule has 11 aromatic rings. The monoisotopic (exact) mass is 970 g/mol. The summed E-state index contributed by atoms with van der Waals surface area (Å²) >= 11 is 0. The molecule has 2 heteroatoms. The predicted octanol–water partition coefficient (Wildman–Crippen LogP) is 20.0. The first kappa shape index (κ1) is 45.1. The zero-order valence-corrected chi connectivity index (χ0v) is 42.2. The molecule has 1 aromatic heterocycles. The molecule has 0 fully saturated rings. The Kier molecular flexibility index (Phi) is 11.5. The van der Waals surface area contributed by atoms with E-state index in [9.17, 15) is 0 Å². The fraction of sp³-hybridized carbons (Fsp3) is 0.0541. The van der Waals surface area contributed by atoms with Crippen LogP contribution in [0.3, 0.4) is 0 Å². The zero-order chi connectivity index (χ0) is 50.4. The molecule has 0 saturated heterocycles. The van der Waals surface area contributed by atoms with Gasteiger partial charge in [-0.2, -0.15) is 0 Å². The Hall–Kier alpha value is -9.50. The van der Waals surface area contributed by atoms with Crippen LogP contribution >= 0.6 is 0 Å².